The molecular formula is C26H48LiNO2. The fourth-order valence-electron chi connectivity index (χ4n) is 4.02. The normalized spacial score (nSPS) is 13.8. The molecule has 0 saturated heterocycles. The number of carbonyl (C=O) groups is 1. The topological polar surface area (TPSA) is 43.4 Å². The summed E-state index contributed by atoms with van der Waals surface area (Å²) in [5, 5.41) is 11.5. The molecule has 170 valence electrons. The van der Waals surface area contributed by atoms with Crippen molar-refractivity contribution in [2.24, 2.45) is 0 Å². The first-order valence-corrected chi connectivity index (χ1v) is 12.4. The fourth-order valence-corrected chi connectivity index (χ4v) is 4.02. The number of carboxylic acid groups (broad SMARTS) is 1. The number of rotatable bonds is 20. The van der Waals surface area contributed by atoms with Gasteiger partial charge in [-0.15, -0.1) is 0 Å². The monoisotopic (exact) mass is 413 g/mol. The van der Waals surface area contributed by atoms with Crippen molar-refractivity contribution in [3.8, 4) is 0 Å². The van der Waals surface area contributed by atoms with Crippen molar-refractivity contribution in [1.29, 1.82) is 0 Å². The van der Waals surface area contributed by atoms with Crippen molar-refractivity contribution < 1.29 is 28.8 Å². The van der Waals surface area contributed by atoms with Crippen molar-refractivity contribution in [3.63, 3.8) is 0 Å². The summed E-state index contributed by atoms with van der Waals surface area (Å²) in [4.78, 5) is 13.8. The van der Waals surface area contributed by atoms with Gasteiger partial charge in [0.05, 0.1) is 5.97 Å². The summed E-state index contributed by atoms with van der Waals surface area (Å²) in [6, 6.07) is 0.656. The van der Waals surface area contributed by atoms with E-state index in [1.54, 1.807) is 0 Å². The minimum absolute atomic E-state index is 0. The van der Waals surface area contributed by atoms with Crippen molar-refractivity contribution in [2.45, 2.75) is 130 Å². The summed E-state index contributed by atoms with van der Waals surface area (Å²) in [6.07, 6.45) is 24.9. The fraction of sp³-hybridized carbons (Fsp3) is 0.808. The molecule has 0 amide bonds. The molecule has 0 aromatic carbocycles. The van der Waals surface area contributed by atoms with E-state index >= 15 is 0 Å². The van der Waals surface area contributed by atoms with E-state index in [1.165, 1.54) is 25.7 Å². The maximum atomic E-state index is 11.5. The molecule has 0 aliphatic rings. The Bertz CT molecular complexity index is 405. The minimum atomic E-state index is -0.941. The second-order valence-electron chi connectivity index (χ2n) is 8.31. The molecule has 0 spiro atoms. The SMILES string of the molecule is CCCC/C=C/CCC(CCC)N(CC(=O)[O-])C(CCC)CC/C=C/CCCC.[Li+]. The molecule has 0 saturated carbocycles. The third kappa shape index (κ3) is 17.2. The second-order valence-corrected chi connectivity index (χ2v) is 8.31. The van der Waals surface area contributed by atoms with Crippen LogP contribution in [-0.2, 0) is 4.79 Å². The number of aliphatic carboxylic acids is 1. The zero-order valence-corrected chi connectivity index (χ0v) is 20.8. The summed E-state index contributed by atoms with van der Waals surface area (Å²) in [6.45, 7) is 8.90. The molecular weight excluding hydrogens is 365 g/mol. The summed E-state index contributed by atoms with van der Waals surface area (Å²) in [5.74, 6) is -0.941. The number of carboxylic acids is 1. The van der Waals surface area contributed by atoms with Gasteiger partial charge in [-0.3, -0.25) is 4.90 Å². The zero-order chi connectivity index (χ0) is 21.7. The van der Waals surface area contributed by atoms with Gasteiger partial charge in [0.2, 0.25) is 0 Å². The maximum Gasteiger partial charge on any atom is 1.00 e. The molecule has 0 aromatic rings. The van der Waals surface area contributed by atoms with Crippen LogP contribution < -0.4 is 24.0 Å². The Labute approximate surface area is 199 Å². The number of carbonyl (C=O) groups excluding carboxylic acids is 1. The smallest absolute Gasteiger partial charge is 0.549 e. The van der Waals surface area contributed by atoms with E-state index in [4.69, 9.17) is 0 Å². The molecule has 0 rings (SSSR count). The van der Waals surface area contributed by atoms with E-state index < -0.39 is 5.97 Å². The summed E-state index contributed by atoms with van der Waals surface area (Å²) in [7, 11) is 0. The molecule has 0 aliphatic carbocycles. The van der Waals surface area contributed by atoms with Crippen molar-refractivity contribution in [3.05, 3.63) is 24.3 Å². The maximum absolute atomic E-state index is 11.5. The van der Waals surface area contributed by atoms with Crippen LogP contribution in [0.25, 0.3) is 0 Å². The third-order valence-electron chi connectivity index (χ3n) is 5.61. The molecule has 30 heavy (non-hydrogen) atoms. The first-order chi connectivity index (χ1) is 14.1. The van der Waals surface area contributed by atoms with E-state index in [0.29, 0.717) is 12.1 Å². The van der Waals surface area contributed by atoms with Gasteiger partial charge in [-0.1, -0.05) is 90.5 Å². The molecule has 0 N–H and O–H groups in total. The number of nitrogens with zero attached hydrogens (tertiary/aromatic N) is 1. The average molecular weight is 414 g/mol. The predicted molar refractivity (Wildman–Crippen MR) is 125 cm³/mol. The molecule has 0 radical (unpaired) electrons. The molecule has 2 atom stereocenters. The van der Waals surface area contributed by atoms with Crippen LogP contribution in [0.2, 0.25) is 0 Å². The molecule has 2 unspecified atom stereocenters. The van der Waals surface area contributed by atoms with Gasteiger partial charge in [-0.05, 0) is 51.4 Å². The van der Waals surface area contributed by atoms with Gasteiger partial charge >= 0.3 is 18.9 Å². The van der Waals surface area contributed by atoms with Crippen LogP contribution in [0.1, 0.15) is 118 Å². The third-order valence-corrected chi connectivity index (χ3v) is 5.61. The first-order valence-electron chi connectivity index (χ1n) is 12.4. The van der Waals surface area contributed by atoms with Gasteiger partial charge in [0.1, 0.15) is 0 Å². The van der Waals surface area contributed by atoms with E-state index in [-0.39, 0.29) is 25.4 Å². The molecule has 0 bridgehead atoms. The first kappa shape index (κ1) is 31.7. The van der Waals surface area contributed by atoms with Gasteiger partial charge < -0.3 is 9.90 Å². The molecule has 3 nitrogen and oxygen atoms in total. The summed E-state index contributed by atoms with van der Waals surface area (Å²) >= 11 is 0. The van der Waals surface area contributed by atoms with Crippen LogP contribution in [0, 0.1) is 0 Å². The van der Waals surface area contributed by atoms with E-state index in [0.717, 1.165) is 64.2 Å². The van der Waals surface area contributed by atoms with Crippen LogP contribution in [0.5, 0.6) is 0 Å². The van der Waals surface area contributed by atoms with Crippen LogP contribution in [0.3, 0.4) is 0 Å². The largest absolute Gasteiger partial charge is 1.00 e. The van der Waals surface area contributed by atoms with Crippen LogP contribution in [0.4, 0.5) is 0 Å². The van der Waals surface area contributed by atoms with Gasteiger partial charge in [0.25, 0.3) is 0 Å². The molecule has 0 aliphatic heterocycles. The molecule has 0 fully saturated rings. The predicted octanol–water partition coefficient (Wildman–Crippen LogP) is 3.43. The number of hydrogen-bond donors (Lipinski definition) is 0. The van der Waals surface area contributed by atoms with E-state index in [9.17, 15) is 9.90 Å². The van der Waals surface area contributed by atoms with Gasteiger partial charge in [-0.25, -0.2) is 0 Å². The van der Waals surface area contributed by atoms with E-state index in [1.807, 2.05) is 0 Å². The second kappa shape index (κ2) is 23.2. The van der Waals surface area contributed by atoms with Crippen molar-refractivity contribution in [2.75, 3.05) is 6.54 Å². The quantitative estimate of drug-likeness (QED) is 0.174. The Balaban J connectivity index is 0. The Morgan fingerprint density at radius 3 is 1.43 bits per heavy atom. The van der Waals surface area contributed by atoms with E-state index in [2.05, 4.69) is 56.9 Å². The minimum Gasteiger partial charge on any atom is -0.549 e. The number of hydrogen-bond acceptors (Lipinski definition) is 3. The Kier molecular flexibility index (Phi) is 24.5. The van der Waals surface area contributed by atoms with Gasteiger partial charge in [-0.2, -0.15) is 0 Å². The molecule has 0 heterocycles. The zero-order valence-electron chi connectivity index (χ0n) is 20.8. The molecule has 0 aromatic heterocycles. The Morgan fingerprint density at radius 1 is 0.700 bits per heavy atom. The standard InChI is InChI=1S/C26H49NO2.Li/c1-5-9-11-13-15-17-21-24(19-7-3)27(23-26(28)29)25(20-8-4)22-18-16-14-12-10-6-2;/h13-16,24-25H,5-12,17-23H2,1-4H3,(H,28,29);/q;+1/p-1/b15-13+,16-14+;. The molecule has 4 heteroatoms. The van der Waals surface area contributed by atoms with Crippen molar-refractivity contribution in [1.82, 2.24) is 4.90 Å². The van der Waals surface area contributed by atoms with Gasteiger partial charge in [0, 0.05) is 18.6 Å². The van der Waals surface area contributed by atoms with Crippen LogP contribution in [0.15, 0.2) is 24.3 Å². The average Bonchev–Trinajstić information content (AvgIpc) is 2.69. The van der Waals surface area contributed by atoms with Crippen LogP contribution in [-0.4, -0.2) is 29.5 Å². The van der Waals surface area contributed by atoms with Crippen molar-refractivity contribution >= 4 is 5.97 Å². The Morgan fingerprint density at radius 2 is 1.10 bits per heavy atom. The number of unbranched alkanes of at least 4 members (excludes halogenated alkanes) is 4. The Hall–Kier alpha value is -0.493. The van der Waals surface area contributed by atoms with Crippen LogP contribution >= 0.6 is 0 Å². The number of allylic oxidation sites excluding steroid dienone is 4. The van der Waals surface area contributed by atoms with Gasteiger partial charge in [0.15, 0.2) is 0 Å². The summed E-state index contributed by atoms with van der Waals surface area (Å²) < 4.78 is 0. The summed E-state index contributed by atoms with van der Waals surface area (Å²) in [5.41, 5.74) is 0.